The molecule has 1 heterocycles. The second-order valence-electron chi connectivity index (χ2n) is 9.52. The van der Waals surface area contributed by atoms with E-state index < -0.39 is 53.6 Å². The summed E-state index contributed by atoms with van der Waals surface area (Å²) in [6.45, 7) is 5.29. The number of nitrogens with one attached hydrogen (secondary N) is 1. The molecule has 0 unspecified atom stereocenters. The number of halogens is 3. The molecule has 0 aliphatic carbocycles. The summed E-state index contributed by atoms with van der Waals surface area (Å²) in [5.74, 6) is 0. The number of benzene rings is 2. The SMILES string of the molecule is CCN(CCOC(=O)NS(=O)(=O)c1ccc(-n2nc(C(F)(F)F)cc2-c2ccc(C)cc2)cc1)N([O-])OCOC(=O)OC(C)C. The van der Waals surface area contributed by atoms with Crippen LogP contribution in [-0.2, 0) is 35.2 Å². The van der Waals surface area contributed by atoms with Gasteiger partial charge in [-0.15, -0.1) is 0 Å². The first-order valence-corrected chi connectivity index (χ1v) is 14.8. The summed E-state index contributed by atoms with van der Waals surface area (Å²) in [6.07, 6.45) is -7.55. The van der Waals surface area contributed by atoms with Crippen molar-refractivity contribution in [3.63, 3.8) is 0 Å². The highest BCUT2D eigenvalue weighted by molar-refractivity contribution is 7.90. The number of amides is 1. The van der Waals surface area contributed by atoms with Crippen LogP contribution in [0.5, 0.6) is 0 Å². The molecule has 0 atom stereocenters. The Hall–Kier alpha value is -4.23. The van der Waals surface area contributed by atoms with E-state index in [4.69, 9.17) is 14.3 Å². The van der Waals surface area contributed by atoms with Crippen LogP contribution >= 0.6 is 0 Å². The Morgan fingerprint density at radius 3 is 2.29 bits per heavy atom. The van der Waals surface area contributed by atoms with E-state index in [-0.39, 0.29) is 34.7 Å². The fraction of sp³-hybridized carbons (Fsp3) is 0.370. The fourth-order valence-electron chi connectivity index (χ4n) is 3.64. The molecular weight excluding hydrogens is 627 g/mol. The zero-order valence-electron chi connectivity index (χ0n) is 24.6. The van der Waals surface area contributed by atoms with E-state index in [1.54, 1.807) is 49.8 Å². The van der Waals surface area contributed by atoms with E-state index in [2.05, 4.69) is 9.84 Å². The van der Waals surface area contributed by atoms with Crippen LogP contribution in [0.2, 0.25) is 0 Å². The van der Waals surface area contributed by atoms with Crippen LogP contribution < -0.4 is 4.72 Å². The Morgan fingerprint density at radius 1 is 1.07 bits per heavy atom. The first-order valence-electron chi connectivity index (χ1n) is 13.3. The summed E-state index contributed by atoms with van der Waals surface area (Å²) in [5, 5.41) is 16.7. The number of aryl methyl sites for hydroxylation is 1. The number of hydrogen-bond acceptors (Lipinski definition) is 12. The quantitative estimate of drug-likeness (QED) is 0.152. The van der Waals surface area contributed by atoms with Crippen LogP contribution in [0.1, 0.15) is 32.0 Å². The molecular formula is C27H31F3N5O9S-. The Kier molecular flexibility index (Phi) is 11.9. The highest BCUT2D eigenvalue weighted by Crippen LogP contribution is 2.33. The number of hydrogen-bond donors (Lipinski definition) is 1. The minimum Gasteiger partial charge on any atom is -0.748 e. The maximum Gasteiger partial charge on any atom is 0.510 e. The maximum atomic E-state index is 13.5. The molecule has 18 heteroatoms. The number of nitrogens with zero attached hydrogens (tertiary/aromatic N) is 4. The van der Waals surface area contributed by atoms with Gasteiger partial charge in [-0.1, -0.05) is 36.8 Å². The van der Waals surface area contributed by atoms with Crippen molar-refractivity contribution in [3.8, 4) is 16.9 Å². The Bertz CT molecular complexity index is 1550. The van der Waals surface area contributed by atoms with Crippen LogP contribution in [0.3, 0.4) is 0 Å². The van der Waals surface area contributed by atoms with Crippen molar-refractivity contribution < 1.29 is 50.2 Å². The summed E-state index contributed by atoms with van der Waals surface area (Å²) in [7, 11) is -4.45. The molecule has 2 aromatic carbocycles. The number of alkyl halides is 3. The van der Waals surface area contributed by atoms with E-state index in [0.29, 0.717) is 5.56 Å². The van der Waals surface area contributed by atoms with Gasteiger partial charge in [-0.3, -0.25) is 4.84 Å². The number of carbonyl (C=O) groups is 2. The van der Waals surface area contributed by atoms with E-state index >= 15 is 0 Å². The third-order valence-electron chi connectivity index (χ3n) is 5.81. The molecule has 246 valence electrons. The van der Waals surface area contributed by atoms with Crippen molar-refractivity contribution in [1.29, 1.82) is 0 Å². The standard InChI is InChI=1S/C27H31F3N5O9S/c1-5-33(35(38)43-17-42-26(37)44-18(2)3)14-15-41-25(36)32-45(39,40)22-12-10-21(11-13-22)34-23(16-24(31-34)27(28,29)30)20-8-6-19(4)7-9-20/h6-13,16,18H,5,14-15,17H2,1-4H3,(H,32,36)/q-1. The average Bonchev–Trinajstić information content (AvgIpc) is 3.41. The first-order chi connectivity index (χ1) is 21.1. The van der Waals surface area contributed by atoms with E-state index in [9.17, 15) is 36.4 Å². The smallest absolute Gasteiger partial charge is 0.510 e. The van der Waals surface area contributed by atoms with Gasteiger partial charge in [0.25, 0.3) is 10.0 Å². The lowest BCUT2D eigenvalue weighted by Crippen LogP contribution is -2.42. The summed E-state index contributed by atoms with van der Waals surface area (Å²) >= 11 is 0. The van der Waals surface area contributed by atoms with Gasteiger partial charge in [0.05, 0.1) is 22.4 Å². The van der Waals surface area contributed by atoms with Gasteiger partial charge < -0.3 is 19.4 Å². The lowest BCUT2D eigenvalue weighted by Gasteiger charge is -2.36. The molecule has 0 saturated heterocycles. The molecule has 0 aliphatic rings. The van der Waals surface area contributed by atoms with Gasteiger partial charge in [0.1, 0.15) is 6.61 Å². The first kappa shape index (κ1) is 35.3. The van der Waals surface area contributed by atoms with Crippen LogP contribution in [0.4, 0.5) is 22.8 Å². The Labute approximate surface area is 256 Å². The van der Waals surface area contributed by atoms with Gasteiger partial charge in [-0.25, -0.2) is 32.4 Å². The minimum absolute atomic E-state index is 0.00370. The Balaban J connectivity index is 1.60. The predicted molar refractivity (Wildman–Crippen MR) is 152 cm³/mol. The molecule has 45 heavy (non-hydrogen) atoms. The number of rotatable bonds is 13. The van der Waals surface area contributed by atoms with Gasteiger partial charge >= 0.3 is 18.4 Å². The topological polar surface area (TPSA) is 165 Å². The van der Waals surface area contributed by atoms with Crippen LogP contribution in [0.15, 0.2) is 59.5 Å². The van der Waals surface area contributed by atoms with Crippen molar-refractivity contribution in [3.05, 3.63) is 71.1 Å². The van der Waals surface area contributed by atoms with Crippen LogP contribution in [-0.4, -0.2) is 73.4 Å². The molecule has 1 N–H and O–H groups in total. The summed E-state index contributed by atoms with van der Waals surface area (Å²) in [4.78, 5) is 27.8. The molecule has 0 spiro atoms. The lowest BCUT2D eigenvalue weighted by atomic mass is 10.1. The predicted octanol–water partition coefficient (Wildman–Crippen LogP) is 4.77. The number of sulfonamides is 1. The zero-order valence-corrected chi connectivity index (χ0v) is 25.4. The largest absolute Gasteiger partial charge is 0.748 e. The molecule has 1 aromatic heterocycles. The van der Waals surface area contributed by atoms with Crippen molar-refractivity contribution in [2.75, 3.05) is 26.5 Å². The second kappa shape index (κ2) is 15.2. The summed E-state index contributed by atoms with van der Waals surface area (Å²) < 4.78 is 82.7. The van der Waals surface area contributed by atoms with Gasteiger partial charge in [-0.2, -0.15) is 23.6 Å². The molecule has 14 nitrogen and oxygen atoms in total. The van der Waals surface area contributed by atoms with E-state index in [1.807, 2.05) is 6.92 Å². The van der Waals surface area contributed by atoms with Crippen molar-refractivity contribution >= 4 is 22.3 Å². The number of hydrazine groups is 1. The normalized spacial score (nSPS) is 12.1. The molecule has 0 bridgehead atoms. The number of ether oxygens (including phenoxy) is 3. The van der Waals surface area contributed by atoms with Gasteiger partial charge in [0, 0.05) is 18.7 Å². The molecule has 3 rings (SSSR count). The van der Waals surface area contributed by atoms with E-state index in [0.717, 1.165) is 33.5 Å². The third-order valence-corrected chi connectivity index (χ3v) is 7.13. The van der Waals surface area contributed by atoms with Crippen molar-refractivity contribution in [1.82, 2.24) is 24.8 Å². The molecule has 1 amide bonds. The Morgan fingerprint density at radius 2 is 1.71 bits per heavy atom. The third kappa shape index (κ3) is 10.1. The molecule has 0 aliphatic heterocycles. The molecule has 0 saturated carbocycles. The highest BCUT2D eigenvalue weighted by atomic mass is 32.2. The molecule has 0 radical (unpaired) electrons. The van der Waals surface area contributed by atoms with Crippen LogP contribution in [0.25, 0.3) is 16.9 Å². The number of carbonyl (C=O) groups excluding carboxylic acids is 2. The summed E-state index contributed by atoms with van der Waals surface area (Å²) in [6, 6.07) is 12.3. The van der Waals surface area contributed by atoms with E-state index in [1.165, 1.54) is 12.1 Å². The van der Waals surface area contributed by atoms with Gasteiger partial charge in [-0.05, 0) is 51.1 Å². The highest BCUT2D eigenvalue weighted by Gasteiger charge is 2.35. The summed E-state index contributed by atoms with van der Waals surface area (Å²) in [5.41, 5.74) is 0.487. The number of likely N-dealkylation sites (N-methyl/N-ethyl adjacent to an activating group) is 1. The van der Waals surface area contributed by atoms with Crippen LogP contribution in [0, 0.1) is 12.1 Å². The number of aromatic nitrogens is 2. The maximum absolute atomic E-state index is 13.5. The van der Waals surface area contributed by atoms with Crippen molar-refractivity contribution in [2.24, 2.45) is 0 Å². The van der Waals surface area contributed by atoms with Crippen molar-refractivity contribution in [2.45, 2.75) is 44.9 Å². The lowest BCUT2D eigenvalue weighted by molar-refractivity contribution is -0.284. The second-order valence-corrected chi connectivity index (χ2v) is 11.2. The molecule has 0 fully saturated rings. The minimum atomic E-state index is -4.72. The van der Waals surface area contributed by atoms with Gasteiger partial charge in [0.2, 0.25) is 6.79 Å². The monoisotopic (exact) mass is 658 g/mol. The molecule has 3 aromatic rings. The van der Waals surface area contributed by atoms with Gasteiger partial charge in [0.15, 0.2) is 5.69 Å². The average molecular weight is 659 g/mol. The zero-order chi connectivity index (χ0) is 33.4. The fourth-order valence-corrected chi connectivity index (χ4v) is 4.53.